The highest BCUT2D eigenvalue weighted by Crippen LogP contribution is 2.27. The molecule has 1 amide bonds. The van der Waals surface area contributed by atoms with Crippen LogP contribution in [-0.4, -0.2) is 35.4 Å². The van der Waals surface area contributed by atoms with Crippen LogP contribution in [-0.2, 0) is 0 Å². The van der Waals surface area contributed by atoms with Gasteiger partial charge in [-0.3, -0.25) is 4.79 Å². The highest BCUT2D eigenvalue weighted by atomic mass is 16.2. The largest absolute Gasteiger partial charge is 0.337 e. The van der Waals surface area contributed by atoms with Gasteiger partial charge >= 0.3 is 0 Å². The van der Waals surface area contributed by atoms with Crippen LogP contribution in [0.2, 0.25) is 0 Å². The van der Waals surface area contributed by atoms with Gasteiger partial charge in [-0.25, -0.2) is 4.98 Å². The molecule has 1 aromatic heterocycles. The summed E-state index contributed by atoms with van der Waals surface area (Å²) in [5.74, 6) is 6.45. The van der Waals surface area contributed by atoms with Crippen molar-refractivity contribution in [1.29, 1.82) is 0 Å². The molecule has 0 spiro atoms. The summed E-state index contributed by atoms with van der Waals surface area (Å²) in [7, 11) is 1.87. The average molecular weight is 285 g/mol. The van der Waals surface area contributed by atoms with Crippen molar-refractivity contribution in [1.82, 2.24) is 9.88 Å². The van der Waals surface area contributed by atoms with Crippen molar-refractivity contribution < 1.29 is 4.79 Å². The lowest BCUT2D eigenvalue weighted by Gasteiger charge is -2.33. The van der Waals surface area contributed by atoms with E-state index in [1.807, 2.05) is 18.0 Å². The molecule has 1 fully saturated rings. The summed E-state index contributed by atoms with van der Waals surface area (Å²) in [6.45, 7) is 2.55. The Morgan fingerprint density at radius 2 is 2.14 bits per heavy atom. The Balaban J connectivity index is 2.16. The fourth-order valence-electron chi connectivity index (χ4n) is 2.79. The maximum absolute atomic E-state index is 12.7. The van der Waals surface area contributed by atoms with Crippen molar-refractivity contribution in [3.8, 4) is 11.8 Å². The number of hydrogen-bond donors (Lipinski definition) is 1. The number of pyridine rings is 1. The molecule has 1 heterocycles. The highest BCUT2D eigenvalue weighted by molar-refractivity contribution is 5.94. The zero-order valence-corrected chi connectivity index (χ0v) is 12.8. The van der Waals surface area contributed by atoms with Crippen LogP contribution < -0.4 is 5.73 Å². The number of nitrogens with two attached hydrogens (primary N) is 1. The molecule has 21 heavy (non-hydrogen) atoms. The monoisotopic (exact) mass is 285 g/mol. The van der Waals surface area contributed by atoms with Crippen molar-refractivity contribution >= 4 is 5.91 Å². The van der Waals surface area contributed by atoms with Gasteiger partial charge in [0, 0.05) is 19.3 Å². The van der Waals surface area contributed by atoms with Crippen molar-refractivity contribution in [3.63, 3.8) is 0 Å². The van der Waals surface area contributed by atoms with E-state index in [1.165, 1.54) is 12.8 Å². The smallest absolute Gasteiger partial charge is 0.273 e. The minimum Gasteiger partial charge on any atom is -0.337 e. The van der Waals surface area contributed by atoms with Crippen LogP contribution in [0, 0.1) is 17.8 Å². The van der Waals surface area contributed by atoms with Gasteiger partial charge < -0.3 is 10.6 Å². The van der Waals surface area contributed by atoms with Gasteiger partial charge in [-0.1, -0.05) is 18.8 Å². The second kappa shape index (κ2) is 7.24. The van der Waals surface area contributed by atoms with Gasteiger partial charge in [0.25, 0.3) is 5.91 Å². The van der Waals surface area contributed by atoms with Crippen molar-refractivity contribution in [2.24, 2.45) is 11.7 Å². The summed E-state index contributed by atoms with van der Waals surface area (Å²) in [4.78, 5) is 18.7. The summed E-state index contributed by atoms with van der Waals surface area (Å²) < 4.78 is 0. The zero-order chi connectivity index (χ0) is 15.2. The Hall–Kier alpha value is -1.86. The van der Waals surface area contributed by atoms with Gasteiger partial charge in [0.15, 0.2) is 0 Å². The summed E-state index contributed by atoms with van der Waals surface area (Å²) in [5.41, 5.74) is 6.49. The van der Waals surface area contributed by atoms with Gasteiger partial charge in [-0.2, -0.15) is 0 Å². The summed E-state index contributed by atoms with van der Waals surface area (Å²) >= 11 is 0. The fraction of sp³-hybridized carbons (Fsp3) is 0.529. The molecule has 0 saturated heterocycles. The van der Waals surface area contributed by atoms with Gasteiger partial charge in [-0.15, -0.1) is 0 Å². The van der Waals surface area contributed by atoms with E-state index in [0.717, 1.165) is 18.8 Å². The summed E-state index contributed by atoms with van der Waals surface area (Å²) in [5, 5.41) is 0. The first kappa shape index (κ1) is 15.5. The zero-order valence-electron chi connectivity index (χ0n) is 12.8. The fourth-order valence-corrected chi connectivity index (χ4v) is 2.79. The maximum atomic E-state index is 12.7. The van der Waals surface area contributed by atoms with E-state index >= 15 is 0 Å². The van der Waals surface area contributed by atoms with Gasteiger partial charge in [0.05, 0.1) is 12.1 Å². The third-order valence-corrected chi connectivity index (χ3v) is 4.19. The Bertz CT molecular complexity index is 551. The standard InChI is InChI=1S/C17H23N3O/c1-13-7-9-15(10-8-13)20(2)17(21)16-14(5-3-11-18)6-4-12-19-16/h4,6,12-13,15H,7-11,18H2,1-2H3. The number of hydrogen-bond acceptors (Lipinski definition) is 3. The van der Waals surface area contributed by atoms with Crippen molar-refractivity contribution in [2.75, 3.05) is 13.6 Å². The molecule has 4 nitrogen and oxygen atoms in total. The van der Waals surface area contributed by atoms with Gasteiger partial charge in [0.2, 0.25) is 0 Å². The predicted molar refractivity (Wildman–Crippen MR) is 83.7 cm³/mol. The second-order valence-corrected chi connectivity index (χ2v) is 5.74. The minimum atomic E-state index is -0.0449. The third kappa shape index (κ3) is 3.83. The lowest BCUT2D eigenvalue weighted by molar-refractivity contribution is 0.0673. The topological polar surface area (TPSA) is 59.2 Å². The first-order valence-corrected chi connectivity index (χ1v) is 7.54. The molecule has 1 aliphatic rings. The lowest BCUT2D eigenvalue weighted by Crippen LogP contribution is -2.39. The molecule has 0 bridgehead atoms. The van der Waals surface area contributed by atoms with Gasteiger partial charge in [-0.05, 0) is 43.7 Å². The molecule has 2 rings (SSSR count). The Labute approximate surface area is 126 Å². The van der Waals surface area contributed by atoms with Crippen LogP contribution in [0.25, 0.3) is 0 Å². The molecular formula is C17H23N3O. The minimum absolute atomic E-state index is 0.0449. The summed E-state index contributed by atoms with van der Waals surface area (Å²) in [6.07, 6.45) is 6.15. The first-order chi connectivity index (χ1) is 10.1. The summed E-state index contributed by atoms with van der Waals surface area (Å²) in [6, 6.07) is 3.92. The maximum Gasteiger partial charge on any atom is 0.273 e. The van der Waals surface area contributed by atoms with Crippen molar-refractivity contribution in [2.45, 2.75) is 38.6 Å². The number of rotatable bonds is 2. The molecule has 1 aromatic rings. The average Bonchev–Trinajstić information content (AvgIpc) is 2.52. The first-order valence-electron chi connectivity index (χ1n) is 7.54. The van der Waals surface area contributed by atoms with Crippen LogP contribution >= 0.6 is 0 Å². The van der Waals surface area contributed by atoms with Crippen LogP contribution in [0.1, 0.15) is 48.7 Å². The van der Waals surface area contributed by atoms with E-state index in [1.54, 1.807) is 12.3 Å². The Morgan fingerprint density at radius 1 is 1.43 bits per heavy atom. The van der Waals surface area contributed by atoms with E-state index in [0.29, 0.717) is 17.3 Å². The number of nitrogens with zero attached hydrogens (tertiary/aromatic N) is 2. The van der Waals surface area contributed by atoms with E-state index in [-0.39, 0.29) is 12.5 Å². The Morgan fingerprint density at radius 3 is 2.81 bits per heavy atom. The second-order valence-electron chi connectivity index (χ2n) is 5.74. The molecule has 1 aliphatic carbocycles. The quantitative estimate of drug-likeness (QED) is 0.846. The predicted octanol–water partition coefficient (Wildman–Crippen LogP) is 2.04. The van der Waals surface area contributed by atoms with Crippen LogP contribution in [0.15, 0.2) is 18.3 Å². The Kier molecular flexibility index (Phi) is 5.35. The lowest BCUT2D eigenvalue weighted by atomic mass is 9.86. The van der Waals surface area contributed by atoms with Crippen LogP contribution in [0.5, 0.6) is 0 Å². The molecule has 0 radical (unpaired) electrons. The molecule has 0 atom stereocenters. The molecule has 0 unspecified atom stereocenters. The molecule has 4 heteroatoms. The van der Waals surface area contributed by atoms with E-state index in [2.05, 4.69) is 23.7 Å². The third-order valence-electron chi connectivity index (χ3n) is 4.19. The van der Waals surface area contributed by atoms with Crippen LogP contribution in [0.3, 0.4) is 0 Å². The SMILES string of the molecule is CC1CCC(N(C)C(=O)c2ncccc2C#CCN)CC1. The van der Waals surface area contributed by atoms with E-state index < -0.39 is 0 Å². The number of carbonyl (C=O) groups excluding carboxylic acids is 1. The molecule has 0 aliphatic heterocycles. The molecule has 0 aromatic carbocycles. The van der Waals surface area contributed by atoms with Gasteiger partial charge in [0.1, 0.15) is 5.69 Å². The number of amides is 1. The molecule has 2 N–H and O–H groups in total. The number of carbonyl (C=O) groups is 1. The normalized spacial score (nSPS) is 21.3. The van der Waals surface area contributed by atoms with Crippen LogP contribution in [0.4, 0.5) is 0 Å². The van der Waals surface area contributed by atoms with Crippen molar-refractivity contribution in [3.05, 3.63) is 29.6 Å². The molecular weight excluding hydrogens is 262 g/mol. The molecule has 112 valence electrons. The highest BCUT2D eigenvalue weighted by Gasteiger charge is 2.26. The van der Waals surface area contributed by atoms with E-state index in [9.17, 15) is 4.79 Å². The molecule has 1 saturated carbocycles. The van der Waals surface area contributed by atoms with E-state index in [4.69, 9.17) is 5.73 Å². The number of aromatic nitrogens is 1.